The van der Waals surface area contributed by atoms with Crippen molar-refractivity contribution in [3.8, 4) is 0 Å². The van der Waals surface area contributed by atoms with Crippen molar-refractivity contribution in [2.45, 2.75) is 19.3 Å². The second-order valence-corrected chi connectivity index (χ2v) is 3.92. The minimum Gasteiger partial charge on any atom is -0.462 e. The molecule has 102 valence electrons. The van der Waals surface area contributed by atoms with Gasteiger partial charge >= 0.3 is 6.18 Å². The maximum Gasteiger partial charge on any atom is 0.418 e. The van der Waals surface area contributed by atoms with Gasteiger partial charge in [0.2, 0.25) is 0 Å². The fraction of sp³-hybridized carbons (Fsp3) is 0.231. The molecule has 0 saturated heterocycles. The number of nitrogens with one attached hydrogen (secondary N) is 1. The van der Waals surface area contributed by atoms with E-state index in [2.05, 4.69) is 5.32 Å². The third-order valence-electron chi connectivity index (χ3n) is 2.56. The van der Waals surface area contributed by atoms with Gasteiger partial charge in [-0.05, 0) is 24.3 Å². The molecule has 0 aliphatic rings. The summed E-state index contributed by atoms with van der Waals surface area (Å²) in [5.41, 5.74) is -0.721. The zero-order chi connectivity index (χ0) is 13.9. The van der Waals surface area contributed by atoms with Crippen molar-refractivity contribution in [1.29, 1.82) is 0 Å². The molecule has 0 spiro atoms. The topological polar surface area (TPSA) is 45.4 Å². The third-order valence-corrected chi connectivity index (χ3v) is 2.56. The van der Waals surface area contributed by atoms with Crippen LogP contribution in [0.2, 0.25) is 0 Å². The first kappa shape index (κ1) is 13.5. The number of aliphatic hydroxyl groups excluding tert-OH is 1. The van der Waals surface area contributed by atoms with Crippen molar-refractivity contribution in [3.63, 3.8) is 0 Å². The molecule has 0 bridgehead atoms. The zero-order valence-corrected chi connectivity index (χ0v) is 9.87. The molecule has 0 atom stereocenters. The van der Waals surface area contributed by atoms with Crippen LogP contribution in [0, 0.1) is 0 Å². The van der Waals surface area contributed by atoms with E-state index >= 15 is 0 Å². The van der Waals surface area contributed by atoms with Crippen molar-refractivity contribution in [1.82, 2.24) is 0 Å². The molecule has 2 aromatic rings. The molecular formula is C13H12F3NO2. The summed E-state index contributed by atoms with van der Waals surface area (Å²) in [6, 6.07) is 8.42. The first-order valence-corrected chi connectivity index (χ1v) is 5.59. The Morgan fingerprint density at radius 2 is 1.74 bits per heavy atom. The monoisotopic (exact) mass is 271 g/mol. The number of halogens is 3. The average molecular weight is 271 g/mol. The Kier molecular flexibility index (Phi) is 3.80. The highest BCUT2D eigenvalue weighted by molar-refractivity contribution is 5.52. The molecule has 0 unspecified atom stereocenters. The van der Waals surface area contributed by atoms with E-state index in [0.29, 0.717) is 11.5 Å². The maximum absolute atomic E-state index is 12.7. The Bertz CT molecular complexity index is 549. The number of para-hydroxylation sites is 1. The van der Waals surface area contributed by atoms with Crippen LogP contribution in [0.4, 0.5) is 18.9 Å². The third kappa shape index (κ3) is 3.29. The van der Waals surface area contributed by atoms with E-state index in [4.69, 9.17) is 9.52 Å². The molecule has 0 aliphatic carbocycles. The maximum atomic E-state index is 12.7. The molecule has 0 fully saturated rings. The van der Waals surface area contributed by atoms with Crippen molar-refractivity contribution in [2.24, 2.45) is 0 Å². The molecule has 3 nitrogen and oxygen atoms in total. The highest BCUT2D eigenvalue weighted by Gasteiger charge is 2.33. The average Bonchev–Trinajstić information content (AvgIpc) is 2.83. The Labute approximate surface area is 107 Å². The van der Waals surface area contributed by atoms with Gasteiger partial charge in [0.1, 0.15) is 18.1 Å². The van der Waals surface area contributed by atoms with Gasteiger partial charge in [0.25, 0.3) is 0 Å². The Morgan fingerprint density at radius 1 is 1.05 bits per heavy atom. The smallest absolute Gasteiger partial charge is 0.418 e. The number of hydrogen-bond acceptors (Lipinski definition) is 3. The predicted molar refractivity (Wildman–Crippen MR) is 63.4 cm³/mol. The first-order valence-electron chi connectivity index (χ1n) is 5.59. The summed E-state index contributed by atoms with van der Waals surface area (Å²) < 4.78 is 43.4. The number of rotatable bonds is 4. The summed E-state index contributed by atoms with van der Waals surface area (Å²) in [6.45, 7) is -0.119. The van der Waals surface area contributed by atoms with Crippen molar-refractivity contribution in [2.75, 3.05) is 5.32 Å². The van der Waals surface area contributed by atoms with Gasteiger partial charge in [0.15, 0.2) is 0 Å². The fourth-order valence-electron chi connectivity index (χ4n) is 1.67. The van der Waals surface area contributed by atoms with E-state index < -0.39 is 11.7 Å². The highest BCUT2D eigenvalue weighted by Crippen LogP contribution is 2.34. The lowest BCUT2D eigenvalue weighted by Crippen LogP contribution is -2.10. The van der Waals surface area contributed by atoms with Gasteiger partial charge in [0.05, 0.1) is 12.1 Å². The summed E-state index contributed by atoms with van der Waals surface area (Å²) in [6.07, 6.45) is -4.40. The lowest BCUT2D eigenvalue weighted by molar-refractivity contribution is -0.137. The molecule has 0 aliphatic heterocycles. The van der Waals surface area contributed by atoms with Crippen molar-refractivity contribution < 1.29 is 22.7 Å². The van der Waals surface area contributed by atoms with Crippen molar-refractivity contribution in [3.05, 3.63) is 53.5 Å². The molecule has 6 heteroatoms. The summed E-state index contributed by atoms with van der Waals surface area (Å²) in [5.74, 6) is 0.835. The van der Waals surface area contributed by atoms with Crippen LogP contribution in [0.25, 0.3) is 0 Å². The summed E-state index contributed by atoms with van der Waals surface area (Å²) in [7, 11) is 0. The van der Waals surface area contributed by atoms with E-state index in [1.807, 2.05) is 0 Å². The molecule has 19 heavy (non-hydrogen) atoms. The molecule has 1 aromatic carbocycles. The lowest BCUT2D eigenvalue weighted by Gasteiger charge is -2.13. The van der Waals surface area contributed by atoms with Gasteiger partial charge in [0, 0.05) is 5.69 Å². The summed E-state index contributed by atoms with van der Waals surface area (Å²) in [5, 5.41) is 11.5. The fourth-order valence-corrected chi connectivity index (χ4v) is 1.67. The SMILES string of the molecule is OCc1ccc(CNc2ccccc2C(F)(F)F)o1. The second-order valence-electron chi connectivity index (χ2n) is 3.92. The normalized spacial score (nSPS) is 11.6. The van der Waals surface area contributed by atoms with E-state index in [-0.39, 0.29) is 18.8 Å². The van der Waals surface area contributed by atoms with Gasteiger partial charge in [-0.25, -0.2) is 0 Å². The predicted octanol–water partition coefficient (Wildman–Crippen LogP) is 3.40. The number of furan rings is 1. The van der Waals surface area contributed by atoms with Gasteiger partial charge in [-0.2, -0.15) is 13.2 Å². The van der Waals surface area contributed by atoms with Crippen LogP contribution in [0.3, 0.4) is 0 Å². The number of hydrogen-bond donors (Lipinski definition) is 2. The van der Waals surface area contributed by atoms with Crippen LogP contribution < -0.4 is 5.32 Å². The van der Waals surface area contributed by atoms with E-state index in [0.717, 1.165) is 6.07 Å². The largest absolute Gasteiger partial charge is 0.462 e. The first-order chi connectivity index (χ1) is 9.00. The second kappa shape index (κ2) is 5.36. The van der Waals surface area contributed by atoms with Gasteiger partial charge in [-0.15, -0.1) is 0 Å². The van der Waals surface area contributed by atoms with E-state index in [1.54, 1.807) is 12.1 Å². The molecule has 0 radical (unpaired) electrons. The Morgan fingerprint density at radius 3 is 2.37 bits per heavy atom. The van der Waals surface area contributed by atoms with Gasteiger partial charge in [-0.3, -0.25) is 0 Å². The molecular weight excluding hydrogens is 259 g/mol. The minimum atomic E-state index is -4.40. The Hall–Kier alpha value is -1.95. The number of aliphatic hydroxyl groups is 1. The van der Waals surface area contributed by atoms with Crippen molar-refractivity contribution >= 4 is 5.69 Å². The highest BCUT2D eigenvalue weighted by atomic mass is 19.4. The number of alkyl halides is 3. The van der Waals surface area contributed by atoms with Crippen LogP contribution in [0.5, 0.6) is 0 Å². The molecule has 1 heterocycles. The van der Waals surface area contributed by atoms with E-state index in [9.17, 15) is 13.2 Å². The van der Waals surface area contributed by atoms with Crippen LogP contribution in [-0.4, -0.2) is 5.11 Å². The molecule has 1 aromatic heterocycles. The molecule has 0 amide bonds. The molecule has 0 saturated carbocycles. The molecule has 2 rings (SSSR count). The van der Waals surface area contributed by atoms with Gasteiger partial charge in [-0.1, -0.05) is 12.1 Å². The van der Waals surface area contributed by atoms with Crippen LogP contribution in [0.1, 0.15) is 17.1 Å². The van der Waals surface area contributed by atoms with Crippen LogP contribution in [-0.2, 0) is 19.3 Å². The Balaban J connectivity index is 2.11. The quantitative estimate of drug-likeness (QED) is 0.895. The number of anilines is 1. The van der Waals surface area contributed by atoms with E-state index in [1.165, 1.54) is 18.2 Å². The minimum absolute atomic E-state index is 0.00283. The number of benzene rings is 1. The lowest BCUT2D eigenvalue weighted by atomic mass is 10.1. The summed E-state index contributed by atoms with van der Waals surface area (Å²) in [4.78, 5) is 0. The molecule has 2 N–H and O–H groups in total. The standard InChI is InChI=1S/C13H12F3NO2/c14-13(15,16)11-3-1-2-4-12(11)17-7-9-5-6-10(8-18)19-9/h1-6,17-18H,7-8H2. The summed E-state index contributed by atoms with van der Waals surface area (Å²) >= 11 is 0. The zero-order valence-electron chi connectivity index (χ0n) is 9.87. The van der Waals surface area contributed by atoms with Gasteiger partial charge < -0.3 is 14.8 Å². The van der Waals surface area contributed by atoms with Crippen LogP contribution >= 0.6 is 0 Å². The van der Waals surface area contributed by atoms with Crippen LogP contribution in [0.15, 0.2) is 40.8 Å².